The molecule has 0 radical (unpaired) electrons. The molecule has 0 bridgehead atoms. The van der Waals surface area contributed by atoms with Crippen molar-refractivity contribution >= 4 is 11.7 Å². The molecule has 2 aromatic heterocycles. The molecule has 0 spiro atoms. The molecule has 4 rings (SSSR count). The van der Waals surface area contributed by atoms with Crippen molar-refractivity contribution in [3.05, 3.63) is 59.2 Å². The van der Waals surface area contributed by atoms with Crippen LogP contribution in [0.4, 0.5) is 0 Å². The summed E-state index contributed by atoms with van der Waals surface area (Å²) < 4.78 is 1.75. The molecule has 3 aromatic rings. The topological polar surface area (TPSA) is 66.6 Å². The van der Waals surface area contributed by atoms with E-state index >= 15 is 0 Å². The third-order valence-corrected chi connectivity index (χ3v) is 5.77. The Hall–Kier alpha value is -2.80. The van der Waals surface area contributed by atoms with Crippen LogP contribution in [-0.4, -0.2) is 61.5 Å². The Morgan fingerprint density at radius 2 is 1.90 bits per heavy atom. The predicted octanol–water partition coefficient (Wildman–Crippen LogP) is 2.41. The van der Waals surface area contributed by atoms with Crippen LogP contribution in [0.25, 0.3) is 5.78 Å². The van der Waals surface area contributed by atoms with E-state index in [1.165, 1.54) is 11.9 Å². The fourth-order valence-electron chi connectivity index (χ4n) is 4.13. The first-order valence-corrected chi connectivity index (χ1v) is 10.3. The van der Waals surface area contributed by atoms with Gasteiger partial charge in [0.25, 0.3) is 5.78 Å². The highest BCUT2D eigenvalue weighted by Gasteiger charge is 2.20. The standard InChI is InChI=1S/C22H28N6O/c1-17-20(18(2)28-22(25-17)23-16-24-28)9-10-21(29)27-12-6-11-26(13-14-27)15-19-7-4-3-5-8-19/h3-5,7-8,16H,6,9-15H2,1-2H3. The lowest BCUT2D eigenvalue weighted by Crippen LogP contribution is -2.35. The maximum atomic E-state index is 12.9. The number of amides is 1. The highest BCUT2D eigenvalue weighted by atomic mass is 16.2. The third kappa shape index (κ3) is 4.45. The molecule has 1 amide bonds. The van der Waals surface area contributed by atoms with Gasteiger partial charge in [-0.3, -0.25) is 9.69 Å². The normalized spacial score (nSPS) is 15.6. The van der Waals surface area contributed by atoms with Gasteiger partial charge < -0.3 is 4.90 Å². The second kappa shape index (κ2) is 8.69. The zero-order valence-corrected chi connectivity index (χ0v) is 17.2. The third-order valence-electron chi connectivity index (χ3n) is 5.77. The fraction of sp³-hybridized carbons (Fsp3) is 0.455. The van der Waals surface area contributed by atoms with Crippen molar-refractivity contribution in [3.63, 3.8) is 0 Å². The van der Waals surface area contributed by atoms with Gasteiger partial charge in [-0.25, -0.2) is 9.50 Å². The number of hydrogen-bond acceptors (Lipinski definition) is 5. The molecule has 7 nitrogen and oxygen atoms in total. The largest absolute Gasteiger partial charge is 0.341 e. The van der Waals surface area contributed by atoms with Gasteiger partial charge >= 0.3 is 0 Å². The Morgan fingerprint density at radius 1 is 1.07 bits per heavy atom. The number of aryl methyl sites for hydroxylation is 2. The molecule has 0 saturated carbocycles. The quantitative estimate of drug-likeness (QED) is 0.667. The molecular formula is C22H28N6O. The Labute approximate surface area is 171 Å². The van der Waals surface area contributed by atoms with E-state index in [1.54, 1.807) is 4.52 Å². The number of benzene rings is 1. The minimum atomic E-state index is 0.226. The summed E-state index contributed by atoms with van der Waals surface area (Å²) in [6.07, 6.45) is 3.72. The number of carbonyl (C=O) groups is 1. The summed E-state index contributed by atoms with van der Waals surface area (Å²) in [4.78, 5) is 26.0. The van der Waals surface area contributed by atoms with Crippen molar-refractivity contribution in [2.24, 2.45) is 0 Å². The molecule has 1 aliphatic rings. The highest BCUT2D eigenvalue weighted by Crippen LogP contribution is 2.16. The molecular weight excluding hydrogens is 364 g/mol. The predicted molar refractivity (Wildman–Crippen MR) is 111 cm³/mol. The molecule has 1 saturated heterocycles. The molecule has 7 heteroatoms. The molecule has 0 unspecified atom stereocenters. The lowest BCUT2D eigenvalue weighted by Gasteiger charge is -2.22. The SMILES string of the molecule is Cc1nc2ncnn2c(C)c1CCC(=O)N1CCCN(Cc2ccccc2)CC1. The van der Waals surface area contributed by atoms with Gasteiger partial charge in [0.05, 0.1) is 0 Å². The van der Waals surface area contributed by atoms with E-state index in [-0.39, 0.29) is 5.91 Å². The second-order valence-electron chi connectivity index (χ2n) is 7.73. The zero-order valence-electron chi connectivity index (χ0n) is 17.2. The molecule has 1 aromatic carbocycles. The Morgan fingerprint density at radius 3 is 2.72 bits per heavy atom. The minimum absolute atomic E-state index is 0.226. The van der Waals surface area contributed by atoms with E-state index in [2.05, 4.69) is 44.2 Å². The summed E-state index contributed by atoms with van der Waals surface area (Å²) in [6.45, 7) is 8.53. The first-order chi connectivity index (χ1) is 14.1. The summed E-state index contributed by atoms with van der Waals surface area (Å²) in [6, 6.07) is 10.5. The maximum Gasteiger partial charge on any atom is 0.252 e. The van der Waals surface area contributed by atoms with Crippen LogP contribution in [0.15, 0.2) is 36.7 Å². The first kappa shape index (κ1) is 19.5. The van der Waals surface area contributed by atoms with Crippen molar-refractivity contribution in [2.45, 2.75) is 39.7 Å². The molecule has 0 aliphatic carbocycles. The van der Waals surface area contributed by atoms with E-state index in [0.717, 1.165) is 56.1 Å². The van der Waals surface area contributed by atoms with Crippen LogP contribution in [0.5, 0.6) is 0 Å². The van der Waals surface area contributed by atoms with Gasteiger partial charge in [0.2, 0.25) is 5.91 Å². The van der Waals surface area contributed by atoms with Crippen LogP contribution >= 0.6 is 0 Å². The van der Waals surface area contributed by atoms with Gasteiger partial charge in [-0.1, -0.05) is 30.3 Å². The van der Waals surface area contributed by atoms with Crippen LogP contribution in [0, 0.1) is 13.8 Å². The van der Waals surface area contributed by atoms with E-state index in [1.807, 2.05) is 24.8 Å². The van der Waals surface area contributed by atoms with Crippen LogP contribution in [0.1, 0.15) is 35.4 Å². The monoisotopic (exact) mass is 392 g/mol. The van der Waals surface area contributed by atoms with Gasteiger partial charge in [-0.15, -0.1) is 0 Å². The van der Waals surface area contributed by atoms with E-state index < -0.39 is 0 Å². The van der Waals surface area contributed by atoms with Crippen molar-refractivity contribution in [2.75, 3.05) is 26.2 Å². The Balaban J connectivity index is 1.34. The van der Waals surface area contributed by atoms with Gasteiger partial charge in [0.1, 0.15) is 6.33 Å². The van der Waals surface area contributed by atoms with E-state index in [9.17, 15) is 4.79 Å². The molecule has 0 atom stereocenters. The van der Waals surface area contributed by atoms with Crippen LogP contribution in [0.2, 0.25) is 0 Å². The summed E-state index contributed by atoms with van der Waals surface area (Å²) in [7, 11) is 0. The number of rotatable bonds is 5. The zero-order chi connectivity index (χ0) is 20.2. The number of nitrogens with zero attached hydrogens (tertiary/aromatic N) is 6. The second-order valence-corrected chi connectivity index (χ2v) is 7.73. The Bertz CT molecular complexity index is 984. The number of hydrogen-bond donors (Lipinski definition) is 0. The minimum Gasteiger partial charge on any atom is -0.341 e. The van der Waals surface area contributed by atoms with Gasteiger partial charge in [-0.2, -0.15) is 10.1 Å². The highest BCUT2D eigenvalue weighted by molar-refractivity contribution is 5.76. The van der Waals surface area contributed by atoms with Crippen molar-refractivity contribution in [3.8, 4) is 0 Å². The average Bonchev–Trinajstić information content (AvgIpc) is 3.06. The maximum absolute atomic E-state index is 12.9. The van der Waals surface area contributed by atoms with E-state index in [4.69, 9.17) is 0 Å². The Kier molecular flexibility index (Phi) is 5.85. The smallest absolute Gasteiger partial charge is 0.252 e. The number of aromatic nitrogens is 4. The average molecular weight is 393 g/mol. The number of carbonyl (C=O) groups excluding carboxylic acids is 1. The summed E-state index contributed by atoms with van der Waals surface area (Å²) in [5.74, 6) is 0.838. The molecule has 29 heavy (non-hydrogen) atoms. The lowest BCUT2D eigenvalue weighted by molar-refractivity contribution is -0.131. The lowest BCUT2D eigenvalue weighted by atomic mass is 10.1. The van der Waals surface area contributed by atoms with Crippen LogP contribution in [0.3, 0.4) is 0 Å². The molecule has 1 aliphatic heterocycles. The molecule has 3 heterocycles. The number of fused-ring (bicyclic) bond motifs is 1. The molecule has 152 valence electrons. The first-order valence-electron chi connectivity index (χ1n) is 10.3. The van der Waals surface area contributed by atoms with Crippen molar-refractivity contribution < 1.29 is 4.79 Å². The summed E-state index contributed by atoms with van der Waals surface area (Å²) >= 11 is 0. The van der Waals surface area contributed by atoms with Gasteiger partial charge in [0, 0.05) is 50.5 Å². The fourth-order valence-corrected chi connectivity index (χ4v) is 4.13. The van der Waals surface area contributed by atoms with Crippen LogP contribution in [-0.2, 0) is 17.8 Å². The van der Waals surface area contributed by atoms with Gasteiger partial charge in [-0.05, 0) is 37.8 Å². The van der Waals surface area contributed by atoms with E-state index in [0.29, 0.717) is 18.6 Å². The molecule has 1 fully saturated rings. The summed E-state index contributed by atoms with van der Waals surface area (Å²) in [5, 5.41) is 4.23. The van der Waals surface area contributed by atoms with Crippen LogP contribution < -0.4 is 0 Å². The van der Waals surface area contributed by atoms with Gasteiger partial charge in [0.15, 0.2) is 0 Å². The van der Waals surface area contributed by atoms with Crippen molar-refractivity contribution in [1.82, 2.24) is 29.4 Å². The molecule has 0 N–H and O–H groups in total. The van der Waals surface area contributed by atoms with Crippen molar-refractivity contribution in [1.29, 1.82) is 0 Å². The summed E-state index contributed by atoms with van der Waals surface area (Å²) in [5.41, 5.74) is 4.37.